The molecule has 2 rings (SSSR count). The van der Waals surface area contributed by atoms with E-state index in [0.29, 0.717) is 0 Å². The lowest BCUT2D eigenvalue weighted by Crippen LogP contribution is -2.14. The lowest BCUT2D eigenvalue weighted by Gasteiger charge is -2.09. The van der Waals surface area contributed by atoms with Crippen LogP contribution in [-0.2, 0) is 6.42 Å². The topological polar surface area (TPSA) is 64.9 Å². The van der Waals surface area contributed by atoms with Crippen LogP contribution in [-0.4, -0.2) is 9.97 Å². The smallest absolute Gasteiger partial charge is 0.108 e. The third-order valence-electron chi connectivity index (χ3n) is 2.34. The van der Waals surface area contributed by atoms with Crippen LogP contribution >= 0.6 is 0 Å². The molecule has 4 heteroatoms. The molecule has 1 unspecified atom stereocenters. The van der Waals surface area contributed by atoms with Gasteiger partial charge in [0, 0.05) is 24.4 Å². The van der Waals surface area contributed by atoms with Gasteiger partial charge in [-0.1, -0.05) is 6.92 Å². The molecule has 2 aromatic heterocycles. The van der Waals surface area contributed by atoms with E-state index in [1.165, 1.54) is 0 Å². The summed E-state index contributed by atoms with van der Waals surface area (Å²) >= 11 is 0. The monoisotopic (exact) mass is 203 g/mol. The largest absolute Gasteiger partial charge is 0.469 e. The summed E-state index contributed by atoms with van der Waals surface area (Å²) in [6, 6.07) is 1.63. The second-order valence-corrected chi connectivity index (χ2v) is 3.26. The highest BCUT2D eigenvalue weighted by Gasteiger charge is 2.15. The highest BCUT2D eigenvalue weighted by Crippen LogP contribution is 2.22. The van der Waals surface area contributed by atoms with Gasteiger partial charge < -0.3 is 10.2 Å². The van der Waals surface area contributed by atoms with Crippen molar-refractivity contribution in [1.82, 2.24) is 9.97 Å². The number of nitrogens with zero attached hydrogens (tertiary/aromatic N) is 2. The molecule has 0 aromatic carbocycles. The lowest BCUT2D eigenvalue weighted by atomic mass is 10.0. The van der Waals surface area contributed by atoms with Crippen LogP contribution in [0.15, 0.2) is 35.3 Å². The molecule has 1 atom stereocenters. The molecule has 0 aliphatic heterocycles. The second-order valence-electron chi connectivity index (χ2n) is 3.26. The van der Waals surface area contributed by atoms with E-state index in [2.05, 4.69) is 9.97 Å². The molecule has 0 amide bonds. The summed E-state index contributed by atoms with van der Waals surface area (Å²) in [6.45, 7) is 2.03. The van der Waals surface area contributed by atoms with Gasteiger partial charge in [0.1, 0.15) is 5.76 Å². The molecule has 0 spiro atoms. The molecule has 78 valence electrons. The predicted molar refractivity (Wildman–Crippen MR) is 56.1 cm³/mol. The van der Waals surface area contributed by atoms with Crippen LogP contribution in [0.4, 0.5) is 0 Å². The SMILES string of the molecule is CCc1occc1C(N)c1cnccn1. The number of rotatable bonds is 3. The maximum atomic E-state index is 6.07. The third kappa shape index (κ3) is 1.89. The van der Waals surface area contributed by atoms with Gasteiger partial charge in [-0.15, -0.1) is 0 Å². The highest BCUT2D eigenvalue weighted by atomic mass is 16.3. The molecular weight excluding hydrogens is 190 g/mol. The van der Waals surface area contributed by atoms with Crippen LogP contribution in [0.5, 0.6) is 0 Å². The van der Waals surface area contributed by atoms with Crippen molar-refractivity contribution in [2.24, 2.45) is 5.73 Å². The van der Waals surface area contributed by atoms with Crippen LogP contribution in [0.2, 0.25) is 0 Å². The molecule has 2 heterocycles. The molecule has 15 heavy (non-hydrogen) atoms. The molecule has 0 radical (unpaired) electrons. The Hall–Kier alpha value is -1.68. The molecular formula is C11H13N3O. The lowest BCUT2D eigenvalue weighted by molar-refractivity contribution is 0.508. The van der Waals surface area contributed by atoms with Crippen LogP contribution in [0.1, 0.15) is 30.0 Å². The van der Waals surface area contributed by atoms with E-state index in [-0.39, 0.29) is 6.04 Å². The van der Waals surface area contributed by atoms with E-state index in [1.807, 2.05) is 13.0 Å². The summed E-state index contributed by atoms with van der Waals surface area (Å²) in [6.07, 6.45) is 7.44. The summed E-state index contributed by atoms with van der Waals surface area (Å²) in [4.78, 5) is 8.18. The minimum Gasteiger partial charge on any atom is -0.469 e. The molecule has 0 saturated heterocycles. The van der Waals surface area contributed by atoms with E-state index in [4.69, 9.17) is 10.2 Å². The first kappa shape index (κ1) is 9.86. The number of furan rings is 1. The van der Waals surface area contributed by atoms with Gasteiger partial charge in [0.2, 0.25) is 0 Å². The summed E-state index contributed by atoms with van der Waals surface area (Å²) < 4.78 is 5.33. The van der Waals surface area contributed by atoms with Gasteiger partial charge in [-0.25, -0.2) is 0 Å². The van der Waals surface area contributed by atoms with Crippen molar-refractivity contribution in [1.29, 1.82) is 0 Å². The van der Waals surface area contributed by atoms with Gasteiger partial charge in [0.15, 0.2) is 0 Å². The number of nitrogens with two attached hydrogens (primary N) is 1. The average molecular weight is 203 g/mol. The van der Waals surface area contributed by atoms with Crippen LogP contribution < -0.4 is 5.73 Å². The van der Waals surface area contributed by atoms with E-state index >= 15 is 0 Å². The molecule has 0 saturated carbocycles. The fraction of sp³-hybridized carbons (Fsp3) is 0.273. The molecule has 0 aliphatic rings. The van der Waals surface area contributed by atoms with Crippen molar-refractivity contribution in [3.05, 3.63) is 47.9 Å². The summed E-state index contributed by atoms with van der Waals surface area (Å²) in [5.41, 5.74) is 7.82. The zero-order valence-electron chi connectivity index (χ0n) is 8.55. The van der Waals surface area contributed by atoms with Gasteiger partial charge >= 0.3 is 0 Å². The van der Waals surface area contributed by atoms with E-state index in [1.54, 1.807) is 24.9 Å². The second kappa shape index (κ2) is 4.23. The maximum absolute atomic E-state index is 6.07. The van der Waals surface area contributed by atoms with Gasteiger partial charge in [0.05, 0.1) is 24.2 Å². The number of aryl methyl sites for hydroxylation is 1. The van der Waals surface area contributed by atoms with Crippen LogP contribution in [0.3, 0.4) is 0 Å². The molecule has 2 N–H and O–H groups in total. The number of hydrogen-bond donors (Lipinski definition) is 1. The highest BCUT2D eigenvalue weighted by molar-refractivity contribution is 5.27. The Morgan fingerprint density at radius 3 is 3.00 bits per heavy atom. The Labute approximate surface area is 88.2 Å². The van der Waals surface area contributed by atoms with Gasteiger partial charge in [0.25, 0.3) is 0 Å². The van der Waals surface area contributed by atoms with Gasteiger partial charge in [-0.2, -0.15) is 0 Å². The van der Waals surface area contributed by atoms with Crippen molar-refractivity contribution >= 4 is 0 Å². The van der Waals surface area contributed by atoms with Gasteiger partial charge in [-0.05, 0) is 6.07 Å². The first-order valence-electron chi connectivity index (χ1n) is 4.90. The Bertz CT molecular complexity index is 424. The minimum atomic E-state index is -0.257. The fourth-order valence-electron chi connectivity index (χ4n) is 1.55. The summed E-state index contributed by atoms with van der Waals surface area (Å²) in [5.74, 6) is 0.910. The fourth-order valence-corrected chi connectivity index (χ4v) is 1.55. The van der Waals surface area contributed by atoms with E-state index in [9.17, 15) is 0 Å². The first-order valence-corrected chi connectivity index (χ1v) is 4.90. The van der Waals surface area contributed by atoms with E-state index in [0.717, 1.165) is 23.4 Å². The summed E-state index contributed by atoms with van der Waals surface area (Å²) in [7, 11) is 0. The third-order valence-corrected chi connectivity index (χ3v) is 2.34. The van der Waals surface area contributed by atoms with Crippen LogP contribution in [0.25, 0.3) is 0 Å². The molecule has 0 bridgehead atoms. The van der Waals surface area contributed by atoms with Crippen molar-refractivity contribution in [3.8, 4) is 0 Å². The Kier molecular flexibility index (Phi) is 2.78. The van der Waals surface area contributed by atoms with Crippen molar-refractivity contribution in [2.75, 3.05) is 0 Å². The van der Waals surface area contributed by atoms with Gasteiger partial charge in [-0.3, -0.25) is 9.97 Å². The molecule has 0 aliphatic carbocycles. The standard InChI is InChI=1S/C11H13N3O/c1-2-10-8(3-6-15-10)11(12)9-7-13-4-5-14-9/h3-7,11H,2,12H2,1H3. The van der Waals surface area contributed by atoms with Crippen molar-refractivity contribution in [3.63, 3.8) is 0 Å². The normalized spacial score (nSPS) is 12.7. The molecule has 4 nitrogen and oxygen atoms in total. The van der Waals surface area contributed by atoms with Crippen molar-refractivity contribution < 1.29 is 4.42 Å². The molecule has 0 fully saturated rings. The van der Waals surface area contributed by atoms with E-state index < -0.39 is 0 Å². The summed E-state index contributed by atoms with van der Waals surface area (Å²) in [5, 5.41) is 0. The zero-order chi connectivity index (χ0) is 10.7. The molecule has 2 aromatic rings. The first-order chi connectivity index (χ1) is 7.33. The number of aromatic nitrogens is 2. The Balaban J connectivity index is 2.32. The zero-order valence-corrected chi connectivity index (χ0v) is 8.55. The van der Waals surface area contributed by atoms with Crippen molar-refractivity contribution in [2.45, 2.75) is 19.4 Å². The average Bonchev–Trinajstić information content (AvgIpc) is 2.77. The quantitative estimate of drug-likeness (QED) is 0.824. The Morgan fingerprint density at radius 1 is 1.47 bits per heavy atom. The number of hydrogen-bond acceptors (Lipinski definition) is 4. The van der Waals surface area contributed by atoms with Crippen LogP contribution in [0, 0.1) is 0 Å². The predicted octanol–water partition coefficient (Wildman–Crippen LogP) is 1.68. The minimum absolute atomic E-state index is 0.257. The Morgan fingerprint density at radius 2 is 2.33 bits per heavy atom. The maximum Gasteiger partial charge on any atom is 0.108 e.